The lowest BCUT2D eigenvalue weighted by atomic mass is 9.99. The van der Waals surface area contributed by atoms with Gasteiger partial charge in [0.15, 0.2) is 0 Å². The summed E-state index contributed by atoms with van der Waals surface area (Å²) in [5.41, 5.74) is 2.56. The minimum absolute atomic E-state index is 0.124. The number of rotatable bonds is 5. The summed E-state index contributed by atoms with van der Waals surface area (Å²) >= 11 is 6.00. The quantitative estimate of drug-likeness (QED) is 0.628. The summed E-state index contributed by atoms with van der Waals surface area (Å²) in [7, 11) is 8.97. The Bertz CT molecular complexity index is 1040. The molecular weight excluding hydrogens is 366 g/mol. The van der Waals surface area contributed by atoms with Gasteiger partial charge >= 0.3 is 0 Å². The van der Waals surface area contributed by atoms with Gasteiger partial charge in [0.25, 0.3) is 5.56 Å². The predicted octanol–water partition coefficient (Wildman–Crippen LogP) is 3.33. The second kappa shape index (κ2) is 7.58. The van der Waals surface area contributed by atoms with E-state index in [4.69, 9.17) is 21.1 Å². The molecular formula is C20H22ClN3O3. The van der Waals surface area contributed by atoms with Crippen molar-refractivity contribution in [3.05, 3.63) is 51.7 Å². The van der Waals surface area contributed by atoms with E-state index in [0.717, 1.165) is 33.6 Å². The zero-order valence-electron chi connectivity index (χ0n) is 16.0. The normalized spacial score (nSPS) is 11.2. The average molecular weight is 388 g/mol. The molecule has 0 amide bonds. The highest BCUT2D eigenvalue weighted by atomic mass is 35.5. The van der Waals surface area contributed by atoms with Crippen molar-refractivity contribution in [3.63, 3.8) is 0 Å². The molecule has 2 aromatic heterocycles. The van der Waals surface area contributed by atoms with Crippen LogP contribution in [-0.2, 0) is 13.6 Å². The first-order valence-corrected chi connectivity index (χ1v) is 8.78. The lowest BCUT2D eigenvalue weighted by Gasteiger charge is -2.19. The number of hydrogen-bond donors (Lipinski definition) is 0. The van der Waals surface area contributed by atoms with E-state index in [2.05, 4.69) is 4.98 Å². The summed E-state index contributed by atoms with van der Waals surface area (Å²) in [6.45, 7) is 0.678. The molecule has 0 saturated carbocycles. The first-order chi connectivity index (χ1) is 12.8. The van der Waals surface area contributed by atoms with E-state index >= 15 is 0 Å². The van der Waals surface area contributed by atoms with Gasteiger partial charge in [0.05, 0.1) is 25.2 Å². The molecule has 0 radical (unpaired) electrons. The Morgan fingerprint density at radius 2 is 1.74 bits per heavy atom. The molecule has 2 heterocycles. The second-order valence-corrected chi connectivity index (χ2v) is 7.00. The predicted molar refractivity (Wildman–Crippen MR) is 108 cm³/mol. The fourth-order valence-electron chi connectivity index (χ4n) is 3.17. The number of ether oxygens (including phenoxy) is 2. The standard InChI is InChI=1S/C20H22ClN3O3/c1-23(2)10-16-17(26-4)6-12(7-18(16)27-5)15-11-24(3)20(25)13-8-19(21)22-9-14(13)15/h6-9,11H,10H2,1-5H3. The van der Waals surface area contributed by atoms with Crippen molar-refractivity contribution in [3.8, 4) is 22.6 Å². The summed E-state index contributed by atoms with van der Waals surface area (Å²) in [6, 6.07) is 5.50. The molecule has 27 heavy (non-hydrogen) atoms. The Morgan fingerprint density at radius 3 is 2.30 bits per heavy atom. The molecule has 0 fully saturated rings. The lowest BCUT2D eigenvalue weighted by molar-refractivity contribution is 0.349. The van der Waals surface area contributed by atoms with Crippen molar-refractivity contribution in [2.24, 2.45) is 7.05 Å². The minimum Gasteiger partial charge on any atom is -0.496 e. The van der Waals surface area contributed by atoms with E-state index in [1.165, 1.54) is 0 Å². The lowest BCUT2D eigenvalue weighted by Crippen LogP contribution is -2.17. The van der Waals surface area contributed by atoms with E-state index in [0.29, 0.717) is 11.9 Å². The van der Waals surface area contributed by atoms with Crippen molar-refractivity contribution >= 4 is 22.4 Å². The van der Waals surface area contributed by atoms with Gasteiger partial charge in [0, 0.05) is 36.9 Å². The van der Waals surface area contributed by atoms with Crippen LogP contribution < -0.4 is 15.0 Å². The number of halogens is 1. The zero-order valence-corrected chi connectivity index (χ0v) is 16.8. The molecule has 0 aliphatic carbocycles. The molecule has 3 aromatic rings. The van der Waals surface area contributed by atoms with Gasteiger partial charge in [-0.25, -0.2) is 4.98 Å². The van der Waals surface area contributed by atoms with Crippen molar-refractivity contribution in [1.82, 2.24) is 14.5 Å². The summed E-state index contributed by atoms with van der Waals surface area (Å²) in [5, 5.41) is 1.53. The second-order valence-electron chi connectivity index (χ2n) is 6.61. The maximum Gasteiger partial charge on any atom is 0.258 e. The Kier molecular flexibility index (Phi) is 5.39. The number of hydrogen-bond acceptors (Lipinski definition) is 5. The van der Waals surface area contributed by atoms with E-state index in [1.807, 2.05) is 31.1 Å². The first-order valence-electron chi connectivity index (χ1n) is 8.40. The molecule has 0 saturated heterocycles. The monoisotopic (exact) mass is 387 g/mol. The highest BCUT2D eigenvalue weighted by Gasteiger charge is 2.17. The smallest absolute Gasteiger partial charge is 0.258 e. The minimum atomic E-state index is -0.124. The maximum absolute atomic E-state index is 12.5. The number of methoxy groups -OCH3 is 2. The number of fused-ring (bicyclic) bond motifs is 1. The molecule has 0 N–H and O–H groups in total. The molecule has 0 bridgehead atoms. The fraction of sp³-hybridized carbons (Fsp3) is 0.300. The van der Waals surface area contributed by atoms with Crippen LogP contribution in [-0.4, -0.2) is 42.8 Å². The fourth-order valence-corrected chi connectivity index (χ4v) is 3.33. The van der Waals surface area contributed by atoms with E-state index in [9.17, 15) is 4.79 Å². The summed E-state index contributed by atoms with van der Waals surface area (Å²) in [6.07, 6.45) is 3.42. The van der Waals surface area contributed by atoms with E-state index < -0.39 is 0 Å². The molecule has 0 aliphatic heterocycles. The van der Waals surface area contributed by atoms with Gasteiger partial charge in [-0.2, -0.15) is 0 Å². The SMILES string of the molecule is COc1cc(-c2cn(C)c(=O)c3cc(Cl)ncc23)cc(OC)c1CN(C)C. The molecule has 0 unspecified atom stereocenters. The molecule has 7 heteroatoms. The van der Waals surface area contributed by atoms with Crippen molar-refractivity contribution < 1.29 is 9.47 Å². The van der Waals surface area contributed by atoms with Gasteiger partial charge in [0.2, 0.25) is 0 Å². The highest BCUT2D eigenvalue weighted by molar-refractivity contribution is 6.30. The Morgan fingerprint density at radius 1 is 1.11 bits per heavy atom. The number of aryl methyl sites for hydroxylation is 1. The zero-order chi connectivity index (χ0) is 19.7. The van der Waals surface area contributed by atoms with Crippen LogP contribution in [0.25, 0.3) is 21.9 Å². The van der Waals surface area contributed by atoms with E-state index in [-0.39, 0.29) is 10.7 Å². The van der Waals surface area contributed by atoms with Crippen LogP contribution in [0.5, 0.6) is 11.5 Å². The van der Waals surface area contributed by atoms with Crippen LogP contribution >= 0.6 is 11.6 Å². The third-order valence-electron chi connectivity index (χ3n) is 4.43. The molecule has 0 spiro atoms. The van der Waals surface area contributed by atoms with Crippen LogP contribution in [0.1, 0.15) is 5.56 Å². The van der Waals surface area contributed by atoms with Crippen LogP contribution in [0.2, 0.25) is 5.15 Å². The first kappa shape index (κ1) is 19.2. The van der Waals surface area contributed by atoms with Crippen molar-refractivity contribution in [2.75, 3.05) is 28.3 Å². The Hall–Kier alpha value is -2.57. The van der Waals surface area contributed by atoms with Gasteiger partial charge in [0.1, 0.15) is 16.7 Å². The maximum atomic E-state index is 12.5. The van der Waals surface area contributed by atoms with Gasteiger partial charge in [-0.05, 0) is 37.9 Å². The van der Waals surface area contributed by atoms with Crippen LogP contribution in [0, 0.1) is 0 Å². The largest absolute Gasteiger partial charge is 0.496 e. The third-order valence-corrected chi connectivity index (χ3v) is 4.63. The molecule has 0 atom stereocenters. The summed E-state index contributed by atoms with van der Waals surface area (Å²) < 4.78 is 12.8. The number of nitrogens with zero attached hydrogens (tertiary/aromatic N) is 3. The van der Waals surface area contributed by atoms with Crippen LogP contribution in [0.4, 0.5) is 0 Å². The highest BCUT2D eigenvalue weighted by Crippen LogP contribution is 2.37. The number of benzene rings is 1. The molecule has 1 aromatic carbocycles. The number of aromatic nitrogens is 2. The molecule has 3 rings (SSSR count). The van der Waals surface area contributed by atoms with Crippen molar-refractivity contribution in [1.29, 1.82) is 0 Å². The van der Waals surface area contributed by atoms with Gasteiger partial charge in [-0.1, -0.05) is 11.6 Å². The van der Waals surface area contributed by atoms with Gasteiger partial charge < -0.3 is 18.9 Å². The Balaban J connectivity index is 2.31. The molecule has 142 valence electrons. The van der Waals surface area contributed by atoms with Crippen LogP contribution in [0.15, 0.2) is 35.4 Å². The van der Waals surface area contributed by atoms with Crippen LogP contribution in [0.3, 0.4) is 0 Å². The molecule has 0 aliphatic rings. The summed E-state index contributed by atoms with van der Waals surface area (Å²) in [5.74, 6) is 1.45. The molecule has 6 nitrogen and oxygen atoms in total. The number of pyridine rings is 2. The van der Waals surface area contributed by atoms with Gasteiger partial charge in [-0.3, -0.25) is 4.79 Å². The Labute approximate surface area is 162 Å². The topological polar surface area (TPSA) is 56.6 Å². The van der Waals surface area contributed by atoms with Gasteiger partial charge in [-0.15, -0.1) is 0 Å². The summed E-state index contributed by atoms with van der Waals surface area (Å²) in [4.78, 5) is 18.7. The van der Waals surface area contributed by atoms with Crippen molar-refractivity contribution in [2.45, 2.75) is 6.54 Å². The van der Waals surface area contributed by atoms with E-state index in [1.54, 1.807) is 44.3 Å². The third kappa shape index (κ3) is 3.63. The average Bonchev–Trinajstić information content (AvgIpc) is 2.64.